The summed E-state index contributed by atoms with van der Waals surface area (Å²) in [6, 6.07) is 0. The Bertz CT molecular complexity index is 144. The third kappa shape index (κ3) is 2.10. The van der Waals surface area contributed by atoms with Gasteiger partial charge in [0.2, 0.25) is 7.37 Å². The summed E-state index contributed by atoms with van der Waals surface area (Å²) in [5.41, 5.74) is 0. The molecule has 1 aliphatic heterocycles. The van der Waals surface area contributed by atoms with Crippen molar-refractivity contribution in [2.75, 3.05) is 12.3 Å². The minimum absolute atomic E-state index is 0.129. The molecule has 0 aliphatic carbocycles. The molecule has 0 spiro atoms. The van der Waals surface area contributed by atoms with Crippen molar-refractivity contribution in [3.05, 3.63) is 0 Å². The minimum Gasteiger partial charge on any atom is -0.326 e. The predicted octanol–water partition coefficient (Wildman–Crippen LogP) is 2.48. The van der Waals surface area contributed by atoms with Crippen molar-refractivity contribution in [1.82, 2.24) is 0 Å². The molecule has 0 aromatic carbocycles. The van der Waals surface area contributed by atoms with E-state index >= 15 is 0 Å². The van der Waals surface area contributed by atoms with Gasteiger partial charge in [-0.25, -0.2) is 0 Å². The maximum Gasteiger partial charge on any atom is 0.203 e. The molecule has 1 fully saturated rings. The van der Waals surface area contributed by atoms with Crippen molar-refractivity contribution in [3.63, 3.8) is 0 Å². The van der Waals surface area contributed by atoms with E-state index in [1.165, 1.54) is 0 Å². The fourth-order valence-electron chi connectivity index (χ4n) is 1.31. The van der Waals surface area contributed by atoms with Gasteiger partial charge in [0, 0.05) is 12.3 Å². The summed E-state index contributed by atoms with van der Waals surface area (Å²) in [4.78, 5) is 0. The van der Waals surface area contributed by atoms with Gasteiger partial charge in [-0.05, 0) is 26.7 Å². The molecular formula is C7H15O2P. The van der Waals surface area contributed by atoms with E-state index in [4.69, 9.17) is 4.52 Å². The lowest BCUT2D eigenvalue weighted by Gasteiger charge is -2.14. The largest absolute Gasteiger partial charge is 0.326 e. The molecule has 0 aromatic rings. The van der Waals surface area contributed by atoms with Gasteiger partial charge >= 0.3 is 0 Å². The molecule has 10 heavy (non-hydrogen) atoms. The van der Waals surface area contributed by atoms with Gasteiger partial charge < -0.3 is 4.52 Å². The molecule has 0 radical (unpaired) electrons. The zero-order chi connectivity index (χ0) is 7.61. The molecule has 60 valence electrons. The van der Waals surface area contributed by atoms with Crippen LogP contribution in [0.25, 0.3) is 0 Å². The first-order valence-electron chi connectivity index (χ1n) is 3.89. The third-order valence-corrected chi connectivity index (χ3v) is 4.45. The molecule has 0 aromatic heterocycles. The van der Waals surface area contributed by atoms with E-state index in [0.717, 1.165) is 25.2 Å². The van der Waals surface area contributed by atoms with Crippen LogP contribution >= 0.6 is 7.37 Å². The molecule has 1 aliphatic rings. The first kappa shape index (κ1) is 8.29. The Kier molecular flexibility index (Phi) is 2.54. The van der Waals surface area contributed by atoms with Crippen molar-refractivity contribution in [2.24, 2.45) is 0 Å². The quantitative estimate of drug-likeness (QED) is 0.583. The second kappa shape index (κ2) is 3.06. The van der Waals surface area contributed by atoms with E-state index in [-0.39, 0.29) is 6.10 Å². The Morgan fingerprint density at radius 3 is 2.20 bits per heavy atom. The highest BCUT2D eigenvalue weighted by Crippen LogP contribution is 2.53. The highest BCUT2D eigenvalue weighted by Gasteiger charge is 2.28. The van der Waals surface area contributed by atoms with Crippen LogP contribution in [0, 0.1) is 0 Å². The lowest BCUT2D eigenvalue weighted by molar-refractivity contribution is 0.246. The topological polar surface area (TPSA) is 26.3 Å². The summed E-state index contributed by atoms with van der Waals surface area (Å²) in [5, 5.41) is 0. The van der Waals surface area contributed by atoms with E-state index in [1.807, 2.05) is 13.8 Å². The number of hydrogen-bond donors (Lipinski definition) is 0. The molecule has 0 amide bonds. The van der Waals surface area contributed by atoms with Crippen LogP contribution in [0.15, 0.2) is 0 Å². The smallest absolute Gasteiger partial charge is 0.203 e. The van der Waals surface area contributed by atoms with Gasteiger partial charge in [-0.15, -0.1) is 0 Å². The molecule has 2 nitrogen and oxygen atoms in total. The lowest BCUT2D eigenvalue weighted by atomic mass is 10.4. The molecule has 1 saturated heterocycles. The Morgan fingerprint density at radius 2 is 1.80 bits per heavy atom. The zero-order valence-electron chi connectivity index (χ0n) is 6.67. The SMILES string of the molecule is CC(C)OP1(=O)CCCC1. The lowest BCUT2D eigenvalue weighted by Crippen LogP contribution is -2.01. The summed E-state index contributed by atoms with van der Waals surface area (Å²) in [6.07, 6.45) is 3.92. The Hall–Kier alpha value is 0.190. The summed E-state index contributed by atoms with van der Waals surface area (Å²) in [6.45, 7) is 3.88. The number of rotatable bonds is 2. The molecule has 0 saturated carbocycles. The minimum atomic E-state index is -2.13. The fraction of sp³-hybridized carbons (Fsp3) is 1.00. The maximum absolute atomic E-state index is 11.6. The van der Waals surface area contributed by atoms with Gasteiger partial charge in [0.05, 0.1) is 6.10 Å². The van der Waals surface area contributed by atoms with Crippen molar-refractivity contribution < 1.29 is 9.09 Å². The van der Waals surface area contributed by atoms with E-state index in [0.29, 0.717) is 0 Å². The van der Waals surface area contributed by atoms with Gasteiger partial charge in [-0.2, -0.15) is 0 Å². The average molecular weight is 162 g/mol. The van der Waals surface area contributed by atoms with Crippen LogP contribution in [-0.2, 0) is 9.09 Å². The molecule has 3 heteroatoms. The van der Waals surface area contributed by atoms with Gasteiger partial charge in [-0.3, -0.25) is 4.57 Å². The fourth-order valence-corrected chi connectivity index (χ4v) is 3.92. The highest BCUT2D eigenvalue weighted by atomic mass is 31.2. The molecule has 0 bridgehead atoms. The number of hydrogen-bond acceptors (Lipinski definition) is 2. The predicted molar refractivity (Wildman–Crippen MR) is 42.8 cm³/mol. The zero-order valence-corrected chi connectivity index (χ0v) is 7.56. The van der Waals surface area contributed by atoms with E-state index in [9.17, 15) is 4.57 Å². The maximum atomic E-state index is 11.6. The van der Waals surface area contributed by atoms with Crippen LogP contribution in [0.3, 0.4) is 0 Å². The average Bonchev–Trinajstić information content (AvgIpc) is 2.12. The summed E-state index contributed by atoms with van der Waals surface area (Å²) in [7, 11) is -2.13. The first-order valence-corrected chi connectivity index (χ1v) is 5.88. The Labute approximate surface area is 62.4 Å². The van der Waals surface area contributed by atoms with Gasteiger partial charge in [0.1, 0.15) is 0 Å². The molecule has 0 unspecified atom stereocenters. The molecular weight excluding hydrogens is 147 g/mol. The van der Waals surface area contributed by atoms with Crippen LogP contribution in [0.2, 0.25) is 0 Å². The van der Waals surface area contributed by atoms with Crippen LogP contribution in [0.5, 0.6) is 0 Å². The van der Waals surface area contributed by atoms with Gasteiger partial charge in [-0.1, -0.05) is 0 Å². The standard InChI is InChI=1S/C7H15O2P/c1-7(2)9-10(8)5-3-4-6-10/h7H,3-6H2,1-2H3. The monoisotopic (exact) mass is 162 g/mol. The normalized spacial score (nSPS) is 23.9. The summed E-state index contributed by atoms with van der Waals surface area (Å²) in [5.74, 6) is 0. The Balaban J connectivity index is 2.44. The van der Waals surface area contributed by atoms with E-state index < -0.39 is 7.37 Å². The van der Waals surface area contributed by atoms with E-state index in [1.54, 1.807) is 0 Å². The first-order chi connectivity index (χ1) is 4.62. The van der Waals surface area contributed by atoms with E-state index in [2.05, 4.69) is 0 Å². The van der Waals surface area contributed by atoms with Crippen LogP contribution in [0.4, 0.5) is 0 Å². The van der Waals surface area contributed by atoms with Crippen LogP contribution in [0.1, 0.15) is 26.7 Å². The molecule has 1 heterocycles. The van der Waals surface area contributed by atoms with Gasteiger partial charge in [0.15, 0.2) is 0 Å². The highest BCUT2D eigenvalue weighted by molar-refractivity contribution is 7.59. The molecule has 0 N–H and O–H groups in total. The van der Waals surface area contributed by atoms with Crippen molar-refractivity contribution in [3.8, 4) is 0 Å². The summed E-state index contributed by atoms with van der Waals surface area (Å²) >= 11 is 0. The molecule has 0 atom stereocenters. The van der Waals surface area contributed by atoms with Crippen molar-refractivity contribution in [1.29, 1.82) is 0 Å². The third-order valence-electron chi connectivity index (χ3n) is 1.65. The van der Waals surface area contributed by atoms with Crippen molar-refractivity contribution >= 4 is 7.37 Å². The van der Waals surface area contributed by atoms with Crippen LogP contribution < -0.4 is 0 Å². The van der Waals surface area contributed by atoms with Gasteiger partial charge in [0.25, 0.3) is 0 Å². The summed E-state index contributed by atoms with van der Waals surface area (Å²) < 4.78 is 17.0. The van der Waals surface area contributed by atoms with Crippen molar-refractivity contribution in [2.45, 2.75) is 32.8 Å². The Morgan fingerprint density at radius 1 is 1.30 bits per heavy atom. The second-order valence-electron chi connectivity index (χ2n) is 3.12. The van der Waals surface area contributed by atoms with Crippen LogP contribution in [-0.4, -0.2) is 18.4 Å². The second-order valence-corrected chi connectivity index (χ2v) is 5.86. The molecule has 1 rings (SSSR count).